The first-order valence-corrected chi connectivity index (χ1v) is 7.70. The lowest BCUT2D eigenvalue weighted by Gasteiger charge is -2.15. The highest BCUT2D eigenvalue weighted by Crippen LogP contribution is 2.31. The summed E-state index contributed by atoms with van der Waals surface area (Å²) in [5.41, 5.74) is 9.37. The molecule has 2 aromatic carbocycles. The van der Waals surface area contributed by atoms with E-state index in [9.17, 15) is 9.90 Å². The first kappa shape index (κ1) is 15.8. The summed E-state index contributed by atoms with van der Waals surface area (Å²) in [4.78, 5) is 18.4. The molecular weight excluding hydrogens is 302 g/mol. The van der Waals surface area contributed by atoms with Crippen LogP contribution in [-0.4, -0.2) is 22.1 Å². The Morgan fingerprint density at radius 3 is 2.71 bits per heavy atom. The van der Waals surface area contributed by atoms with E-state index in [1.165, 1.54) is 0 Å². The number of phenols is 1. The summed E-state index contributed by atoms with van der Waals surface area (Å²) >= 11 is 0. The van der Waals surface area contributed by atoms with E-state index in [1.54, 1.807) is 36.2 Å². The highest BCUT2D eigenvalue weighted by atomic mass is 16.3. The maximum atomic E-state index is 12.4. The molecule has 0 aliphatic carbocycles. The van der Waals surface area contributed by atoms with Crippen LogP contribution in [0.4, 0.5) is 5.69 Å². The van der Waals surface area contributed by atoms with Crippen molar-refractivity contribution in [2.24, 2.45) is 10.7 Å². The van der Waals surface area contributed by atoms with Gasteiger partial charge in [0.2, 0.25) is 0 Å². The lowest BCUT2D eigenvalue weighted by molar-refractivity contribution is 0.0764. The number of rotatable bonds is 4. The maximum absolute atomic E-state index is 12.4. The predicted molar refractivity (Wildman–Crippen MR) is 94.2 cm³/mol. The molecule has 3 N–H and O–H groups in total. The van der Waals surface area contributed by atoms with Crippen molar-refractivity contribution in [2.75, 3.05) is 0 Å². The van der Waals surface area contributed by atoms with Crippen LogP contribution in [0.1, 0.15) is 28.4 Å². The minimum absolute atomic E-state index is 0.0490. The number of fused-ring (bicyclic) bond motifs is 1. The van der Waals surface area contributed by atoms with Crippen molar-refractivity contribution in [1.29, 1.82) is 0 Å². The Morgan fingerprint density at radius 1 is 1.29 bits per heavy atom. The fourth-order valence-electron chi connectivity index (χ4n) is 2.68. The topological polar surface area (TPSA) is 78.9 Å². The molecule has 0 atom stereocenters. The molecule has 1 aliphatic rings. The van der Waals surface area contributed by atoms with Crippen LogP contribution >= 0.6 is 0 Å². The van der Waals surface area contributed by atoms with Gasteiger partial charge in [0.1, 0.15) is 5.75 Å². The molecule has 0 radical (unpaired) electrons. The van der Waals surface area contributed by atoms with Crippen molar-refractivity contribution in [1.82, 2.24) is 4.90 Å². The van der Waals surface area contributed by atoms with Crippen LogP contribution in [0.2, 0.25) is 0 Å². The second-order valence-electron chi connectivity index (χ2n) is 5.83. The molecule has 3 rings (SSSR count). The molecule has 1 amide bonds. The molecule has 0 aromatic heterocycles. The van der Waals surface area contributed by atoms with Gasteiger partial charge in [0.05, 0.1) is 11.3 Å². The fourth-order valence-corrected chi connectivity index (χ4v) is 2.68. The Morgan fingerprint density at radius 2 is 2.04 bits per heavy atom. The second kappa shape index (κ2) is 6.58. The third-order valence-corrected chi connectivity index (χ3v) is 3.86. The smallest absolute Gasteiger partial charge is 0.258 e. The van der Waals surface area contributed by atoms with Crippen LogP contribution in [0.3, 0.4) is 0 Å². The minimum atomic E-state index is -0.131. The lowest BCUT2D eigenvalue weighted by Crippen LogP contribution is -2.23. The normalized spacial score (nSPS) is 14.5. The van der Waals surface area contributed by atoms with Crippen molar-refractivity contribution in [3.8, 4) is 5.75 Å². The van der Waals surface area contributed by atoms with Gasteiger partial charge in [-0.15, -0.1) is 0 Å². The van der Waals surface area contributed by atoms with E-state index in [0.29, 0.717) is 24.4 Å². The monoisotopic (exact) mass is 321 g/mol. The Balaban J connectivity index is 1.70. The minimum Gasteiger partial charge on any atom is -0.507 e. The van der Waals surface area contributed by atoms with Crippen LogP contribution < -0.4 is 5.73 Å². The number of phenolic OH excluding ortho intramolecular Hbond substituents is 1. The number of hydrogen-bond donors (Lipinski definition) is 2. The molecule has 122 valence electrons. The summed E-state index contributed by atoms with van der Waals surface area (Å²) < 4.78 is 0. The zero-order chi connectivity index (χ0) is 17.1. The number of carbonyl (C=O) groups excluding carboxylic acids is 1. The van der Waals surface area contributed by atoms with E-state index in [1.807, 2.05) is 30.3 Å². The SMILES string of the molecule is CC(N)=CC=Nc1ccc(CN2Cc3cccc(O)c3C2=O)cc1. The molecular formula is C19H19N3O2. The molecule has 1 heterocycles. The maximum Gasteiger partial charge on any atom is 0.258 e. The van der Waals surface area contributed by atoms with Crippen LogP contribution in [0, 0.1) is 0 Å². The third kappa shape index (κ3) is 3.30. The molecule has 0 spiro atoms. The number of aliphatic imine (C=N–C) groups is 1. The van der Waals surface area contributed by atoms with Crippen LogP contribution in [0.15, 0.2) is 59.2 Å². The summed E-state index contributed by atoms with van der Waals surface area (Å²) in [7, 11) is 0. The van der Waals surface area contributed by atoms with Crippen LogP contribution in [0.5, 0.6) is 5.75 Å². The molecule has 5 heteroatoms. The van der Waals surface area contributed by atoms with Gasteiger partial charge in [0.15, 0.2) is 0 Å². The number of carbonyl (C=O) groups is 1. The zero-order valence-corrected chi connectivity index (χ0v) is 13.4. The quantitative estimate of drug-likeness (QED) is 0.849. The van der Waals surface area contributed by atoms with E-state index >= 15 is 0 Å². The van der Waals surface area contributed by atoms with E-state index in [0.717, 1.165) is 16.8 Å². The Kier molecular flexibility index (Phi) is 4.33. The number of allylic oxidation sites excluding steroid dienone is 2. The number of nitrogens with two attached hydrogens (primary N) is 1. The number of amides is 1. The molecule has 0 saturated carbocycles. The van der Waals surface area contributed by atoms with E-state index in [4.69, 9.17) is 5.73 Å². The second-order valence-corrected chi connectivity index (χ2v) is 5.83. The van der Waals surface area contributed by atoms with E-state index < -0.39 is 0 Å². The Bertz CT molecular complexity index is 819. The van der Waals surface area contributed by atoms with Crippen molar-refractivity contribution < 1.29 is 9.90 Å². The van der Waals surface area contributed by atoms with Crippen molar-refractivity contribution in [3.63, 3.8) is 0 Å². The average molecular weight is 321 g/mol. The molecule has 24 heavy (non-hydrogen) atoms. The third-order valence-electron chi connectivity index (χ3n) is 3.86. The average Bonchev–Trinajstić information content (AvgIpc) is 2.86. The molecule has 5 nitrogen and oxygen atoms in total. The van der Waals surface area contributed by atoms with Crippen molar-refractivity contribution in [2.45, 2.75) is 20.0 Å². The van der Waals surface area contributed by atoms with Gasteiger partial charge in [-0.1, -0.05) is 24.3 Å². The summed E-state index contributed by atoms with van der Waals surface area (Å²) in [5, 5.41) is 9.87. The Labute approximate surface area is 140 Å². The molecule has 0 saturated heterocycles. The van der Waals surface area contributed by atoms with Crippen molar-refractivity contribution in [3.05, 3.63) is 70.9 Å². The molecule has 0 unspecified atom stereocenters. The largest absolute Gasteiger partial charge is 0.507 e. The summed E-state index contributed by atoms with van der Waals surface area (Å²) in [5.74, 6) is -0.0818. The number of benzene rings is 2. The zero-order valence-electron chi connectivity index (χ0n) is 13.4. The van der Waals surface area contributed by atoms with Crippen LogP contribution in [0.25, 0.3) is 0 Å². The van der Waals surface area contributed by atoms with Crippen molar-refractivity contribution >= 4 is 17.8 Å². The highest BCUT2D eigenvalue weighted by molar-refractivity contribution is 6.00. The summed E-state index contributed by atoms with van der Waals surface area (Å²) in [6.07, 6.45) is 3.40. The van der Waals surface area contributed by atoms with Gasteiger partial charge in [-0.2, -0.15) is 0 Å². The van der Waals surface area contributed by atoms with Crippen LogP contribution in [-0.2, 0) is 13.1 Å². The molecule has 0 fully saturated rings. The van der Waals surface area contributed by atoms with Gasteiger partial charge in [-0.3, -0.25) is 9.79 Å². The van der Waals surface area contributed by atoms with Gasteiger partial charge in [0.25, 0.3) is 5.91 Å². The Hall–Kier alpha value is -3.08. The summed E-state index contributed by atoms with van der Waals surface area (Å²) in [6, 6.07) is 12.9. The predicted octanol–water partition coefficient (Wildman–Crippen LogP) is 3.11. The van der Waals surface area contributed by atoms with E-state index in [-0.39, 0.29) is 11.7 Å². The van der Waals surface area contributed by atoms with Gasteiger partial charge in [-0.05, 0) is 42.3 Å². The van der Waals surface area contributed by atoms with Gasteiger partial charge < -0.3 is 15.7 Å². The number of aromatic hydroxyl groups is 1. The number of nitrogens with zero attached hydrogens (tertiary/aromatic N) is 2. The van der Waals surface area contributed by atoms with Gasteiger partial charge in [0, 0.05) is 25.0 Å². The van der Waals surface area contributed by atoms with E-state index in [2.05, 4.69) is 4.99 Å². The van der Waals surface area contributed by atoms with Gasteiger partial charge in [-0.25, -0.2) is 0 Å². The highest BCUT2D eigenvalue weighted by Gasteiger charge is 2.29. The molecule has 0 bridgehead atoms. The van der Waals surface area contributed by atoms with Gasteiger partial charge >= 0.3 is 0 Å². The standard InChI is InChI=1S/C19H19N3O2/c1-13(20)9-10-21-16-7-5-14(6-8-16)11-22-12-15-3-2-4-17(23)18(15)19(22)24/h2-10,23H,11-12,20H2,1H3. The first-order valence-electron chi connectivity index (χ1n) is 7.70. The lowest BCUT2D eigenvalue weighted by atomic mass is 10.1. The fraction of sp³-hybridized carbons (Fsp3) is 0.158. The number of hydrogen-bond acceptors (Lipinski definition) is 4. The molecule has 1 aliphatic heterocycles. The summed E-state index contributed by atoms with van der Waals surface area (Å²) in [6.45, 7) is 2.82. The molecule has 2 aromatic rings. The first-order chi connectivity index (χ1) is 11.5.